The molecule has 1 aromatic rings. The molecule has 5 rings (SSSR count). The molecule has 0 bridgehead atoms. The summed E-state index contributed by atoms with van der Waals surface area (Å²) in [4.78, 5) is 36.6. The van der Waals surface area contributed by atoms with Crippen molar-refractivity contribution in [2.45, 2.75) is 64.8 Å². The summed E-state index contributed by atoms with van der Waals surface area (Å²) < 4.78 is 10.7. The van der Waals surface area contributed by atoms with E-state index in [4.69, 9.17) is 9.47 Å². The van der Waals surface area contributed by atoms with Crippen LogP contribution in [0.3, 0.4) is 0 Å². The number of hydrogen-bond acceptors (Lipinski definition) is 8. The minimum absolute atomic E-state index is 0.0226. The second kappa shape index (κ2) is 9.64. The SMILES string of the molecule is COc1ccc(COCC(=O)[C@@]2(O)CC[C@H]3[C@@H]4C[C@H](C)C5=CC(=O)C=C[C@]5(C)[C@H]4[C@@H](O)C[C@@]32C)c([N+](=O)[O-])c1. The normalized spacial score (nSPS) is 38.9. The predicted octanol–water partition coefficient (Wildman–Crippen LogP) is 3.94. The Labute approximate surface area is 228 Å². The number of benzene rings is 1. The molecule has 9 nitrogen and oxygen atoms in total. The zero-order chi connectivity index (χ0) is 28.3. The Bertz CT molecular complexity index is 1270. The highest BCUT2D eigenvalue weighted by Crippen LogP contribution is 2.67. The first-order chi connectivity index (χ1) is 18.4. The number of hydrogen-bond donors (Lipinski definition) is 2. The molecule has 210 valence electrons. The maximum absolute atomic E-state index is 13.5. The van der Waals surface area contributed by atoms with Gasteiger partial charge in [-0.25, -0.2) is 0 Å². The van der Waals surface area contributed by atoms with Crippen LogP contribution in [-0.4, -0.2) is 52.1 Å². The van der Waals surface area contributed by atoms with Gasteiger partial charge in [0.2, 0.25) is 0 Å². The van der Waals surface area contributed by atoms with Gasteiger partial charge in [0.25, 0.3) is 5.69 Å². The molecule has 4 aliphatic rings. The van der Waals surface area contributed by atoms with E-state index < -0.39 is 39.8 Å². The van der Waals surface area contributed by atoms with Crippen LogP contribution in [0.2, 0.25) is 0 Å². The van der Waals surface area contributed by atoms with Crippen molar-refractivity contribution in [2.75, 3.05) is 13.7 Å². The van der Waals surface area contributed by atoms with Crippen LogP contribution in [0.25, 0.3) is 0 Å². The van der Waals surface area contributed by atoms with Crippen LogP contribution in [0.4, 0.5) is 5.69 Å². The Kier molecular flexibility index (Phi) is 6.84. The molecule has 0 unspecified atom stereocenters. The van der Waals surface area contributed by atoms with Gasteiger partial charge < -0.3 is 19.7 Å². The van der Waals surface area contributed by atoms with Crippen molar-refractivity contribution in [3.8, 4) is 5.75 Å². The first-order valence-corrected chi connectivity index (χ1v) is 13.6. The second-order valence-electron chi connectivity index (χ2n) is 12.3. The number of fused-ring (bicyclic) bond motifs is 5. The summed E-state index contributed by atoms with van der Waals surface area (Å²) in [5, 5.41) is 34.9. The molecule has 9 heteroatoms. The fourth-order valence-corrected chi connectivity index (χ4v) is 8.55. The van der Waals surface area contributed by atoms with Gasteiger partial charge in [0.05, 0.1) is 36.4 Å². The number of ketones is 2. The number of Topliss-reactive ketones (excluding diaryl/α,β-unsaturated/α-hetero) is 1. The zero-order valence-corrected chi connectivity index (χ0v) is 22.9. The lowest BCUT2D eigenvalue weighted by Crippen LogP contribution is -2.62. The van der Waals surface area contributed by atoms with Gasteiger partial charge in [-0.15, -0.1) is 0 Å². The molecular formula is C30H37NO8. The average molecular weight is 540 g/mol. The number of rotatable bonds is 7. The van der Waals surface area contributed by atoms with E-state index in [0.717, 1.165) is 12.0 Å². The molecule has 2 N–H and O–H groups in total. The van der Waals surface area contributed by atoms with Gasteiger partial charge in [-0.05, 0) is 67.7 Å². The number of carbonyl (C=O) groups excluding carboxylic acids is 2. The van der Waals surface area contributed by atoms with E-state index >= 15 is 0 Å². The lowest BCUT2D eigenvalue weighted by molar-refractivity contribution is -0.386. The Morgan fingerprint density at radius 3 is 2.72 bits per heavy atom. The van der Waals surface area contributed by atoms with E-state index in [0.29, 0.717) is 17.7 Å². The van der Waals surface area contributed by atoms with Crippen LogP contribution >= 0.6 is 0 Å². The summed E-state index contributed by atoms with van der Waals surface area (Å²) in [5.41, 5.74) is -1.76. The summed E-state index contributed by atoms with van der Waals surface area (Å²) in [6.07, 6.45) is 6.49. The van der Waals surface area contributed by atoms with Gasteiger partial charge in [0.15, 0.2) is 11.6 Å². The second-order valence-corrected chi connectivity index (χ2v) is 12.3. The summed E-state index contributed by atoms with van der Waals surface area (Å²) in [7, 11) is 1.42. The van der Waals surface area contributed by atoms with Gasteiger partial charge >= 0.3 is 0 Å². The molecule has 1 aromatic carbocycles. The quantitative estimate of drug-likeness (QED) is 0.393. The Morgan fingerprint density at radius 1 is 1.28 bits per heavy atom. The molecule has 0 aromatic heterocycles. The first-order valence-electron chi connectivity index (χ1n) is 13.6. The van der Waals surface area contributed by atoms with E-state index in [-0.39, 0.29) is 54.6 Å². The van der Waals surface area contributed by atoms with Crippen LogP contribution in [-0.2, 0) is 20.9 Å². The van der Waals surface area contributed by atoms with Gasteiger partial charge in [0, 0.05) is 16.7 Å². The number of nitrogens with zero attached hydrogens (tertiary/aromatic N) is 1. The standard InChI is InChI=1S/C30H37NO8/c1-17-11-21-22-8-10-30(35,26(34)16-39-15-18-5-6-20(38-4)13-24(18)31(36)37)29(22,3)14-25(33)27(21)28(2)9-7-19(32)12-23(17)28/h5-7,9,12-13,17,21-22,25,27,33,35H,8,10-11,14-16H2,1-4H3/t17-,21-,22-,25-,27+,28-,29-,30-/m0/s1. The summed E-state index contributed by atoms with van der Waals surface area (Å²) in [5.74, 6) is 0.00262. The molecule has 0 saturated heterocycles. The number of carbonyl (C=O) groups is 2. The Balaban J connectivity index is 1.34. The molecule has 0 amide bonds. The van der Waals surface area contributed by atoms with Crippen molar-refractivity contribution >= 4 is 17.3 Å². The van der Waals surface area contributed by atoms with Crippen LogP contribution in [0, 0.1) is 44.6 Å². The minimum Gasteiger partial charge on any atom is -0.497 e. The number of methoxy groups -OCH3 is 1. The Hall–Kier alpha value is -2.88. The van der Waals surface area contributed by atoms with Crippen molar-refractivity contribution in [1.29, 1.82) is 0 Å². The van der Waals surface area contributed by atoms with Crippen molar-refractivity contribution in [1.82, 2.24) is 0 Å². The highest BCUT2D eigenvalue weighted by Gasteiger charge is 2.68. The number of aliphatic hydroxyl groups excluding tert-OH is 1. The van der Waals surface area contributed by atoms with Crippen molar-refractivity contribution < 1.29 is 34.2 Å². The largest absolute Gasteiger partial charge is 0.497 e. The highest BCUT2D eigenvalue weighted by molar-refractivity contribution is 6.01. The maximum atomic E-state index is 13.5. The zero-order valence-electron chi connectivity index (χ0n) is 22.9. The fraction of sp³-hybridized carbons (Fsp3) is 0.600. The molecule has 0 radical (unpaired) electrons. The monoisotopic (exact) mass is 539 g/mol. The molecule has 0 aliphatic heterocycles. The summed E-state index contributed by atoms with van der Waals surface area (Å²) >= 11 is 0. The number of allylic oxidation sites excluding steroid dienone is 4. The van der Waals surface area contributed by atoms with Crippen LogP contribution in [0.5, 0.6) is 5.75 Å². The van der Waals surface area contributed by atoms with Crippen molar-refractivity contribution in [3.05, 3.63) is 57.7 Å². The van der Waals surface area contributed by atoms with E-state index in [2.05, 4.69) is 13.8 Å². The van der Waals surface area contributed by atoms with Crippen molar-refractivity contribution in [2.24, 2.45) is 34.5 Å². The van der Waals surface area contributed by atoms with E-state index in [1.54, 1.807) is 18.2 Å². The smallest absolute Gasteiger partial charge is 0.278 e. The predicted molar refractivity (Wildman–Crippen MR) is 142 cm³/mol. The average Bonchev–Trinajstić information content (AvgIpc) is 3.16. The third kappa shape index (κ3) is 4.17. The lowest BCUT2D eigenvalue weighted by Gasteiger charge is -2.60. The van der Waals surface area contributed by atoms with Gasteiger partial charge in [-0.3, -0.25) is 19.7 Å². The van der Waals surface area contributed by atoms with Crippen molar-refractivity contribution in [3.63, 3.8) is 0 Å². The van der Waals surface area contributed by atoms with Crippen LogP contribution in [0.15, 0.2) is 42.0 Å². The molecule has 0 heterocycles. The van der Waals surface area contributed by atoms with E-state index in [1.165, 1.54) is 19.2 Å². The molecule has 0 spiro atoms. The van der Waals surface area contributed by atoms with Gasteiger partial charge in [0.1, 0.15) is 18.0 Å². The summed E-state index contributed by atoms with van der Waals surface area (Å²) in [6.45, 7) is 5.57. The van der Waals surface area contributed by atoms with Gasteiger partial charge in [-0.1, -0.05) is 32.4 Å². The molecule has 39 heavy (non-hydrogen) atoms. The molecule has 4 aliphatic carbocycles. The third-order valence-corrected chi connectivity index (χ3v) is 10.4. The van der Waals surface area contributed by atoms with E-state index in [1.807, 2.05) is 13.0 Å². The number of nitro benzene ring substituents is 1. The molecule has 3 saturated carbocycles. The fourth-order valence-electron chi connectivity index (χ4n) is 8.55. The lowest BCUT2D eigenvalue weighted by atomic mass is 9.45. The Morgan fingerprint density at radius 2 is 2.03 bits per heavy atom. The topological polar surface area (TPSA) is 136 Å². The third-order valence-electron chi connectivity index (χ3n) is 10.4. The molecule has 8 atom stereocenters. The van der Waals surface area contributed by atoms with E-state index in [9.17, 15) is 29.9 Å². The highest BCUT2D eigenvalue weighted by atomic mass is 16.6. The molecule has 3 fully saturated rings. The van der Waals surface area contributed by atoms with Crippen LogP contribution in [0.1, 0.15) is 52.0 Å². The first kappa shape index (κ1) is 27.7. The molecular weight excluding hydrogens is 502 g/mol. The number of aliphatic hydroxyl groups is 2. The van der Waals surface area contributed by atoms with Crippen LogP contribution < -0.4 is 4.74 Å². The number of nitro groups is 1. The van der Waals surface area contributed by atoms with Gasteiger partial charge in [-0.2, -0.15) is 0 Å². The number of ether oxygens (including phenoxy) is 2. The minimum atomic E-state index is -1.67. The maximum Gasteiger partial charge on any atom is 0.278 e. The summed E-state index contributed by atoms with van der Waals surface area (Å²) in [6, 6.07) is 4.43.